The van der Waals surface area contributed by atoms with Gasteiger partial charge in [-0.05, 0) is 31.9 Å². The van der Waals surface area contributed by atoms with Crippen LogP contribution in [0.1, 0.15) is 34.6 Å². The van der Waals surface area contributed by atoms with Crippen LogP contribution in [-0.2, 0) is 6.42 Å². The predicted octanol–water partition coefficient (Wildman–Crippen LogP) is 3.35. The van der Waals surface area contributed by atoms with Gasteiger partial charge in [-0.1, -0.05) is 0 Å². The van der Waals surface area contributed by atoms with Gasteiger partial charge in [0.2, 0.25) is 0 Å². The van der Waals surface area contributed by atoms with E-state index in [1.165, 1.54) is 12.1 Å². The van der Waals surface area contributed by atoms with Crippen molar-refractivity contribution in [2.75, 3.05) is 0 Å². The Morgan fingerprint density at radius 2 is 2.05 bits per heavy atom. The Morgan fingerprint density at radius 1 is 1.29 bits per heavy atom. The summed E-state index contributed by atoms with van der Waals surface area (Å²) >= 11 is 0. The number of hydrogen-bond donors (Lipinski definition) is 0. The van der Waals surface area contributed by atoms with Gasteiger partial charge in [0.25, 0.3) is 5.69 Å². The van der Waals surface area contributed by atoms with Gasteiger partial charge in [0.1, 0.15) is 0 Å². The van der Waals surface area contributed by atoms with Gasteiger partial charge in [-0.3, -0.25) is 14.9 Å². The smallest absolute Gasteiger partial charge is 0.272 e. The lowest BCUT2D eigenvalue weighted by atomic mass is 9.96. The van der Waals surface area contributed by atoms with Crippen molar-refractivity contribution in [2.45, 2.75) is 26.2 Å². The van der Waals surface area contributed by atoms with E-state index in [-0.39, 0.29) is 17.2 Å². The summed E-state index contributed by atoms with van der Waals surface area (Å²) in [5.74, 6) is -0.593. The van der Waals surface area contributed by atoms with Crippen LogP contribution in [-0.4, -0.2) is 15.3 Å². The lowest BCUT2D eigenvalue weighted by Crippen LogP contribution is -2.13. The van der Waals surface area contributed by atoms with Crippen molar-refractivity contribution < 1.29 is 14.1 Å². The molecule has 108 valence electrons. The van der Waals surface area contributed by atoms with Crippen molar-refractivity contribution in [3.8, 4) is 5.69 Å². The molecule has 0 saturated carbocycles. The molecule has 1 aromatic heterocycles. The van der Waals surface area contributed by atoms with Crippen LogP contribution >= 0.6 is 0 Å². The second-order valence-electron chi connectivity index (χ2n) is 5.15. The second kappa shape index (κ2) is 4.80. The van der Waals surface area contributed by atoms with Gasteiger partial charge >= 0.3 is 0 Å². The number of benzene rings is 1. The van der Waals surface area contributed by atoms with Crippen LogP contribution in [0.25, 0.3) is 5.69 Å². The second-order valence-corrected chi connectivity index (χ2v) is 5.15. The number of aromatic nitrogens is 1. The van der Waals surface area contributed by atoms with E-state index < -0.39 is 10.7 Å². The first-order valence-electron chi connectivity index (χ1n) is 6.68. The number of carbonyl (C=O) groups is 1. The van der Waals surface area contributed by atoms with Crippen LogP contribution in [0.15, 0.2) is 24.3 Å². The van der Waals surface area contributed by atoms with Crippen molar-refractivity contribution in [3.05, 3.63) is 57.1 Å². The summed E-state index contributed by atoms with van der Waals surface area (Å²) in [4.78, 5) is 22.0. The van der Waals surface area contributed by atoms with Gasteiger partial charge in [0.15, 0.2) is 11.6 Å². The first-order valence-corrected chi connectivity index (χ1v) is 6.68. The molecule has 1 aliphatic rings. The molecule has 3 rings (SSSR count). The van der Waals surface area contributed by atoms with Gasteiger partial charge < -0.3 is 4.57 Å². The fraction of sp³-hybridized carbons (Fsp3) is 0.267. The van der Waals surface area contributed by atoms with E-state index in [0.717, 1.165) is 23.9 Å². The number of rotatable bonds is 2. The Morgan fingerprint density at radius 3 is 2.71 bits per heavy atom. The van der Waals surface area contributed by atoms with Gasteiger partial charge in [0, 0.05) is 29.4 Å². The molecule has 0 fully saturated rings. The molecular formula is C15H13FN2O3. The van der Waals surface area contributed by atoms with E-state index in [4.69, 9.17) is 0 Å². The summed E-state index contributed by atoms with van der Waals surface area (Å²) in [6.07, 6.45) is 1.95. The van der Waals surface area contributed by atoms with Crippen LogP contribution in [0, 0.1) is 22.9 Å². The maximum Gasteiger partial charge on any atom is 0.272 e. The zero-order valence-corrected chi connectivity index (χ0v) is 11.4. The molecule has 1 heterocycles. The Balaban J connectivity index is 2.17. The average Bonchev–Trinajstić information content (AvgIpc) is 2.77. The minimum atomic E-state index is -0.663. The fourth-order valence-corrected chi connectivity index (χ4v) is 2.86. The number of aryl methyl sites for hydroxylation is 1. The number of non-ortho nitro benzene ring substituents is 1. The molecule has 0 atom stereocenters. The molecule has 0 bridgehead atoms. The summed E-state index contributed by atoms with van der Waals surface area (Å²) in [6.45, 7) is 1.80. The number of carbonyl (C=O) groups excluding carboxylic acids is 1. The highest BCUT2D eigenvalue weighted by Crippen LogP contribution is 2.30. The summed E-state index contributed by atoms with van der Waals surface area (Å²) in [7, 11) is 0. The van der Waals surface area contributed by atoms with Gasteiger partial charge in [-0.15, -0.1) is 0 Å². The molecule has 21 heavy (non-hydrogen) atoms. The number of nitrogens with zero attached hydrogens (tertiary/aromatic N) is 2. The van der Waals surface area contributed by atoms with Crippen LogP contribution in [0.3, 0.4) is 0 Å². The highest BCUT2D eigenvalue weighted by Gasteiger charge is 2.24. The van der Waals surface area contributed by atoms with Gasteiger partial charge in [-0.2, -0.15) is 0 Å². The van der Waals surface area contributed by atoms with E-state index in [1.54, 1.807) is 17.6 Å². The molecule has 1 aromatic carbocycles. The number of ketones is 1. The molecule has 0 spiro atoms. The minimum Gasteiger partial charge on any atom is -0.315 e. The lowest BCUT2D eigenvalue weighted by Gasteiger charge is -2.16. The molecule has 0 N–H and O–H groups in total. The molecule has 0 radical (unpaired) electrons. The normalized spacial score (nSPS) is 14.1. The number of fused-ring (bicyclic) bond motifs is 1. The molecular weight excluding hydrogens is 275 g/mol. The largest absolute Gasteiger partial charge is 0.315 e. The topological polar surface area (TPSA) is 65.1 Å². The van der Waals surface area contributed by atoms with Crippen molar-refractivity contribution in [1.29, 1.82) is 0 Å². The van der Waals surface area contributed by atoms with E-state index in [9.17, 15) is 19.3 Å². The van der Waals surface area contributed by atoms with Gasteiger partial charge in [-0.25, -0.2) is 4.39 Å². The first kappa shape index (κ1) is 13.5. The maximum absolute atomic E-state index is 14.2. The number of nitro groups is 1. The van der Waals surface area contributed by atoms with Crippen molar-refractivity contribution >= 4 is 11.5 Å². The van der Waals surface area contributed by atoms with Crippen molar-refractivity contribution in [2.24, 2.45) is 0 Å². The highest BCUT2D eigenvalue weighted by molar-refractivity contribution is 5.98. The Kier molecular flexibility index (Phi) is 3.08. The Bertz CT molecular complexity index is 765. The molecule has 0 aliphatic heterocycles. The lowest BCUT2D eigenvalue weighted by molar-refractivity contribution is -0.385. The number of halogens is 1. The summed E-state index contributed by atoms with van der Waals surface area (Å²) < 4.78 is 15.9. The molecule has 2 aromatic rings. The number of hydrogen-bond acceptors (Lipinski definition) is 3. The zero-order valence-electron chi connectivity index (χ0n) is 11.4. The molecule has 0 saturated heterocycles. The zero-order chi connectivity index (χ0) is 15.1. The molecule has 6 heteroatoms. The van der Waals surface area contributed by atoms with Crippen molar-refractivity contribution in [3.63, 3.8) is 0 Å². The fourth-order valence-electron chi connectivity index (χ4n) is 2.86. The third-order valence-corrected chi connectivity index (χ3v) is 3.79. The third kappa shape index (κ3) is 2.12. The monoisotopic (exact) mass is 288 g/mol. The van der Waals surface area contributed by atoms with E-state index >= 15 is 0 Å². The number of nitro benzene ring substituents is 1. The molecule has 0 unspecified atom stereocenters. The van der Waals surface area contributed by atoms with E-state index in [1.807, 2.05) is 0 Å². The average molecular weight is 288 g/mol. The van der Waals surface area contributed by atoms with E-state index in [2.05, 4.69) is 0 Å². The number of Topliss-reactive ketones (excluding diaryl/α,β-unsaturated/α-hetero) is 1. The maximum atomic E-state index is 14.2. The third-order valence-electron chi connectivity index (χ3n) is 3.79. The van der Waals surface area contributed by atoms with Crippen LogP contribution < -0.4 is 0 Å². The first-order chi connectivity index (χ1) is 9.99. The standard InChI is InChI=1S/C15H13FN2O3/c1-9-7-11-13(3-2-4-15(11)19)17(9)14-6-5-10(18(20)21)8-12(14)16/h5-8H,2-4H2,1H3. The predicted molar refractivity (Wildman–Crippen MR) is 74.4 cm³/mol. The Labute approximate surface area is 120 Å². The molecule has 0 amide bonds. The SMILES string of the molecule is Cc1cc2c(n1-c1ccc([N+](=O)[O-])cc1F)CCCC2=O. The summed E-state index contributed by atoms with van der Waals surface area (Å²) in [5, 5.41) is 10.7. The van der Waals surface area contributed by atoms with Crippen molar-refractivity contribution in [1.82, 2.24) is 4.57 Å². The van der Waals surface area contributed by atoms with E-state index in [0.29, 0.717) is 18.4 Å². The summed E-state index contributed by atoms with van der Waals surface area (Å²) in [6, 6.07) is 5.33. The quantitative estimate of drug-likeness (QED) is 0.628. The van der Waals surface area contributed by atoms with Crippen LogP contribution in [0.5, 0.6) is 0 Å². The highest BCUT2D eigenvalue weighted by atomic mass is 19.1. The van der Waals surface area contributed by atoms with Gasteiger partial charge in [0.05, 0.1) is 16.7 Å². The molecule has 5 nitrogen and oxygen atoms in total. The van der Waals surface area contributed by atoms with Crippen LogP contribution in [0.4, 0.5) is 10.1 Å². The van der Waals surface area contributed by atoms with Crippen LogP contribution in [0.2, 0.25) is 0 Å². The summed E-state index contributed by atoms with van der Waals surface area (Å²) in [5.41, 5.74) is 2.14. The minimum absolute atomic E-state index is 0.0698. The Hall–Kier alpha value is -2.50. The molecule has 1 aliphatic carbocycles.